The molecule has 0 aliphatic rings. The van der Waals surface area contributed by atoms with Crippen LogP contribution in [0, 0.1) is 25.5 Å². The van der Waals surface area contributed by atoms with Crippen LogP contribution in [0.5, 0.6) is 0 Å². The van der Waals surface area contributed by atoms with Crippen LogP contribution in [0.4, 0.5) is 14.5 Å². The Morgan fingerprint density at radius 3 is 2.43 bits per heavy atom. The SMILES string of the molecule is Cc1cc(C)nc(SCC(=O)Nc2ccc(F)c(F)c2)n1. The number of anilines is 1. The quantitative estimate of drug-likeness (QED) is 0.696. The smallest absolute Gasteiger partial charge is 0.234 e. The summed E-state index contributed by atoms with van der Waals surface area (Å²) in [7, 11) is 0. The molecule has 2 aromatic rings. The highest BCUT2D eigenvalue weighted by atomic mass is 32.2. The molecule has 1 amide bonds. The molecule has 0 unspecified atom stereocenters. The van der Waals surface area contributed by atoms with Gasteiger partial charge in [0.25, 0.3) is 0 Å². The van der Waals surface area contributed by atoms with Gasteiger partial charge >= 0.3 is 0 Å². The molecule has 0 atom stereocenters. The summed E-state index contributed by atoms with van der Waals surface area (Å²) >= 11 is 1.18. The van der Waals surface area contributed by atoms with Crippen molar-refractivity contribution in [2.45, 2.75) is 19.0 Å². The second-order valence-electron chi connectivity index (χ2n) is 4.40. The van der Waals surface area contributed by atoms with Gasteiger partial charge in [-0.15, -0.1) is 0 Å². The number of thioether (sulfide) groups is 1. The van der Waals surface area contributed by atoms with Gasteiger partial charge in [-0.1, -0.05) is 11.8 Å². The number of carbonyl (C=O) groups is 1. The zero-order valence-corrected chi connectivity index (χ0v) is 12.3. The van der Waals surface area contributed by atoms with Crippen molar-refractivity contribution in [1.82, 2.24) is 9.97 Å². The molecule has 1 heterocycles. The number of benzene rings is 1. The molecule has 0 spiro atoms. The first-order valence-corrected chi connectivity index (χ1v) is 7.12. The fraction of sp³-hybridized carbons (Fsp3) is 0.214. The van der Waals surface area contributed by atoms with Crippen LogP contribution in [0.1, 0.15) is 11.4 Å². The highest BCUT2D eigenvalue weighted by molar-refractivity contribution is 7.99. The Kier molecular flexibility index (Phi) is 4.85. The van der Waals surface area contributed by atoms with Crippen LogP contribution in [-0.4, -0.2) is 21.6 Å². The van der Waals surface area contributed by atoms with Crippen molar-refractivity contribution in [3.05, 3.63) is 47.3 Å². The molecule has 0 radical (unpaired) electrons. The Labute approximate surface area is 125 Å². The third-order valence-corrected chi connectivity index (χ3v) is 3.34. The van der Waals surface area contributed by atoms with Gasteiger partial charge in [0.05, 0.1) is 5.75 Å². The molecule has 0 aliphatic carbocycles. The summed E-state index contributed by atoms with van der Waals surface area (Å²) in [5.74, 6) is -2.21. The largest absolute Gasteiger partial charge is 0.325 e. The zero-order chi connectivity index (χ0) is 15.4. The lowest BCUT2D eigenvalue weighted by Crippen LogP contribution is -2.14. The molecule has 0 bridgehead atoms. The Bertz CT molecular complexity index is 659. The van der Waals surface area contributed by atoms with Gasteiger partial charge in [0.15, 0.2) is 16.8 Å². The molecule has 1 aromatic heterocycles. The number of aromatic nitrogens is 2. The molecule has 1 aromatic carbocycles. The van der Waals surface area contributed by atoms with Crippen molar-refractivity contribution in [1.29, 1.82) is 0 Å². The van der Waals surface area contributed by atoms with E-state index in [1.807, 2.05) is 19.9 Å². The van der Waals surface area contributed by atoms with Crippen LogP contribution in [0.2, 0.25) is 0 Å². The first kappa shape index (κ1) is 15.4. The molecule has 0 fully saturated rings. The van der Waals surface area contributed by atoms with E-state index < -0.39 is 11.6 Å². The molecule has 110 valence electrons. The molecular weight excluding hydrogens is 296 g/mol. The fourth-order valence-corrected chi connectivity index (χ4v) is 2.41. The van der Waals surface area contributed by atoms with E-state index in [1.165, 1.54) is 17.8 Å². The van der Waals surface area contributed by atoms with E-state index in [2.05, 4.69) is 15.3 Å². The average molecular weight is 309 g/mol. The van der Waals surface area contributed by atoms with Crippen LogP contribution in [-0.2, 0) is 4.79 Å². The number of rotatable bonds is 4. The zero-order valence-electron chi connectivity index (χ0n) is 11.5. The average Bonchev–Trinajstić information content (AvgIpc) is 2.40. The predicted octanol–water partition coefficient (Wildman–Crippen LogP) is 3.10. The van der Waals surface area contributed by atoms with Gasteiger partial charge < -0.3 is 5.32 Å². The second-order valence-corrected chi connectivity index (χ2v) is 5.34. The summed E-state index contributed by atoms with van der Waals surface area (Å²) in [5, 5.41) is 2.99. The minimum atomic E-state index is -1.00. The van der Waals surface area contributed by atoms with Crippen LogP contribution in [0.3, 0.4) is 0 Å². The second kappa shape index (κ2) is 6.62. The maximum atomic E-state index is 13.0. The molecule has 0 saturated heterocycles. The molecular formula is C14H13F2N3OS. The number of nitrogens with zero attached hydrogens (tertiary/aromatic N) is 2. The Balaban J connectivity index is 1.94. The number of hydrogen-bond acceptors (Lipinski definition) is 4. The third-order valence-electron chi connectivity index (χ3n) is 2.50. The Hall–Kier alpha value is -2.02. The third kappa shape index (κ3) is 4.49. The summed E-state index contributed by atoms with van der Waals surface area (Å²) in [5.41, 5.74) is 1.86. The van der Waals surface area contributed by atoms with Gasteiger partial charge in [-0.3, -0.25) is 4.79 Å². The summed E-state index contributed by atoms with van der Waals surface area (Å²) in [6.07, 6.45) is 0. The lowest BCUT2D eigenvalue weighted by atomic mass is 10.3. The van der Waals surface area contributed by atoms with Crippen LogP contribution < -0.4 is 5.32 Å². The number of aryl methyl sites for hydroxylation is 2. The molecule has 21 heavy (non-hydrogen) atoms. The molecule has 0 saturated carbocycles. The van der Waals surface area contributed by atoms with Crippen molar-refractivity contribution >= 4 is 23.4 Å². The topological polar surface area (TPSA) is 54.9 Å². The number of carbonyl (C=O) groups excluding carboxylic acids is 1. The number of halogens is 2. The first-order chi connectivity index (χ1) is 9.94. The fourth-order valence-electron chi connectivity index (χ4n) is 1.66. The minimum Gasteiger partial charge on any atom is -0.325 e. The maximum Gasteiger partial charge on any atom is 0.234 e. The lowest BCUT2D eigenvalue weighted by molar-refractivity contribution is -0.113. The van der Waals surface area contributed by atoms with Gasteiger partial charge in [0.2, 0.25) is 5.91 Å². The highest BCUT2D eigenvalue weighted by Crippen LogP contribution is 2.16. The molecule has 4 nitrogen and oxygen atoms in total. The molecule has 0 aliphatic heterocycles. The number of amides is 1. The number of nitrogens with one attached hydrogen (secondary N) is 1. The van der Waals surface area contributed by atoms with Crippen LogP contribution in [0.15, 0.2) is 29.4 Å². The van der Waals surface area contributed by atoms with E-state index in [1.54, 1.807) is 0 Å². The van der Waals surface area contributed by atoms with Crippen molar-refractivity contribution in [2.24, 2.45) is 0 Å². The van der Waals surface area contributed by atoms with E-state index in [9.17, 15) is 13.6 Å². The predicted molar refractivity (Wildman–Crippen MR) is 77.2 cm³/mol. The van der Waals surface area contributed by atoms with Crippen molar-refractivity contribution in [3.8, 4) is 0 Å². The standard InChI is InChI=1S/C14H13F2N3OS/c1-8-5-9(2)18-14(17-8)21-7-13(20)19-10-3-4-11(15)12(16)6-10/h3-6H,7H2,1-2H3,(H,19,20). The Morgan fingerprint density at radius 2 is 1.81 bits per heavy atom. The maximum absolute atomic E-state index is 13.0. The summed E-state index contributed by atoms with van der Waals surface area (Å²) < 4.78 is 25.8. The van der Waals surface area contributed by atoms with Gasteiger partial charge in [0.1, 0.15) is 0 Å². The molecule has 2 rings (SSSR count). The van der Waals surface area contributed by atoms with Gasteiger partial charge in [-0.2, -0.15) is 0 Å². The number of hydrogen-bond donors (Lipinski definition) is 1. The van der Waals surface area contributed by atoms with E-state index in [-0.39, 0.29) is 17.3 Å². The van der Waals surface area contributed by atoms with E-state index >= 15 is 0 Å². The molecule has 1 N–H and O–H groups in total. The monoisotopic (exact) mass is 309 g/mol. The van der Waals surface area contributed by atoms with Gasteiger partial charge in [-0.05, 0) is 32.0 Å². The Morgan fingerprint density at radius 1 is 1.14 bits per heavy atom. The normalized spacial score (nSPS) is 10.5. The van der Waals surface area contributed by atoms with Gasteiger partial charge in [0, 0.05) is 23.1 Å². The summed E-state index contributed by atoms with van der Waals surface area (Å²) in [6.45, 7) is 3.69. The van der Waals surface area contributed by atoms with Crippen molar-refractivity contribution in [3.63, 3.8) is 0 Å². The van der Waals surface area contributed by atoms with E-state index in [0.29, 0.717) is 5.16 Å². The highest BCUT2D eigenvalue weighted by Gasteiger charge is 2.08. The molecule has 7 heteroatoms. The summed E-state index contributed by atoms with van der Waals surface area (Å²) in [6, 6.07) is 5.04. The lowest BCUT2D eigenvalue weighted by Gasteiger charge is -2.06. The minimum absolute atomic E-state index is 0.0852. The summed E-state index contributed by atoms with van der Waals surface area (Å²) in [4.78, 5) is 20.2. The van der Waals surface area contributed by atoms with Crippen LogP contribution >= 0.6 is 11.8 Å². The van der Waals surface area contributed by atoms with E-state index in [4.69, 9.17) is 0 Å². The van der Waals surface area contributed by atoms with Gasteiger partial charge in [-0.25, -0.2) is 18.7 Å². The van der Waals surface area contributed by atoms with E-state index in [0.717, 1.165) is 23.5 Å². The first-order valence-electron chi connectivity index (χ1n) is 6.14. The van der Waals surface area contributed by atoms with Crippen molar-refractivity contribution in [2.75, 3.05) is 11.1 Å². The van der Waals surface area contributed by atoms with Crippen LogP contribution in [0.25, 0.3) is 0 Å². The van der Waals surface area contributed by atoms with Crippen molar-refractivity contribution < 1.29 is 13.6 Å².